The van der Waals surface area contributed by atoms with Gasteiger partial charge in [-0.3, -0.25) is 19.9 Å². The van der Waals surface area contributed by atoms with Crippen molar-refractivity contribution in [2.75, 3.05) is 11.9 Å². The summed E-state index contributed by atoms with van der Waals surface area (Å²) in [5, 5.41) is 14.4. The fraction of sp³-hybridized carbons (Fsp3) is 0.609. The zero-order valence-corrected chi connectivity index (χ0v) is 18.1. The Labute approximate surface area is 174 Å². The molecule has 0 bridgehead atoms. The largest absolute Gasteiger partial charge is 0.342 e. The fourth-order valence-corrected chi connectivity index (χ4v) is 3.84. The zero-order chi connectivity index (χ0) is 21.3. The number of carbonyl (C=O) groups is 2. The van der Waals surface area contributed by atoms with Crippen LogP contribution in [0.3, 0.4) is 0 Å². The van der Waals surface area contributed by atoms with Crippen LogP contribution in [0.5, 0.6) is 0 Å². The molecule has 0 radical (unpaired) electrons. The number of carbonyl (C=O) groups excluding carboxylic acids is 2. The summed E-state index contributed by atoms with van der Waals surface area (Å²) in [5.74, 6) is 0.233. The molecule has 1 aliphatic heterocycles. The van der Waals surface area contributed by atoms with Crippen molar-refractivity contribution >= 4 is 23.5 Å². The maximum Gasteiger partial charge on any atom is 0.255 e. The van der Waals surface area contributed by atoms with E-state index in [9.17, 15) is 9.59 Å². The minimum atomic E-state index is -0.606. The lowest BCUT2D eigenvalue weighted by Crippen LogP contribution is -2.47. The number of aryl methyl sites for hydroxylation is 1. The van der Waals surface area contributed by atoms with Gasteiger partial charge in [0.1, 0.15) is 5.54 Å². The van der Waals surface area contributed by atoms with Gasteiger partial charge in [-0.1, -0.05) is 51.7 Å². The number of nitrogens with one attached hydrogen (secondary N) is 3. The topological polar surface area (TPSA) is 85.3 Å². The van der Waals surface area contributed by atoms with Crippen molar-refractivity contribution in [2.24, 2.45) is 0 Å². The first-order chi connectivity index (χ1) is 13.9. The predicted molar refractivity (Wildman–Crippen MR) is 118 cm³/mol. The highest BCUT2D eigenvalue weighted by molar-refractivity contribution is 6.07. The maximum absolute atomic E-state index is 13.1. The number of rotatable bonds is 12. The highest BCUT2D eigenvalue weighted by atomic mass is 16.2. The normalized spacial score (nSPS) is 15.5. The van der Waals surface area contributed by atoms with Gasteiger partial charge >= 0.3 is 0 Å². The van der Waals surface area contributed by atoms with E-state index < -0.39 is 5.54 Å². The molecule has 1 aliphatic rings. The molecule has 1 aromatic carbocycles. The van der Waals surface area contributed by atoms with Crippen LogP contribution in [-0.4, -0.2) is 34.8 Å². The molecule has 0 spiro atoms. The number of hydrogen-bond donors (Lipinski definition) is 3. The van der Waals surface area contributed by atoms with Gasteiger partial charge in [-0.2, -0.15) is 0 Å². The molecule has 2 rings (SSSR count). The van der Waals surface area contributed by atoms with Gasteiger partial charge in [0.15, 0.2) is 5.96 Å². The highest BCUT2D eigenvalue weighted by Crippen LogP contribution is 2.29. The van der Waals surface area contributed by atoms with Gasteiger partial charge in [0.05, 0.1) is 0 Å². The molecule has 1 aromatic rings. The summed E-state index contributed by atoms with van der Waals surface area (Å²) in [5.41, 5.74) is 1.31. The van der Waals surface area contributed by atoms with Gasteiger partial charge in [0.25, 0.3) is 5.91 Å². The third-order valence-electron chi connectivity index (χ3n) is 5.53. The Kier molecular flexibility index (Phi) is 8.68. The highest BCUT2D eigenvalue weighted by Gasteiger charge is 2.47. The van der Waals surface area contributed by atoms with Crippen LogP contribution in [0, 0.1) is 12.3 Å². The molecule has 6 heteroatoms. The first kappa shape index (κ1) is 22.9. The van der Waals surface area contributed by atoms with Gasteiger partial charge in [-0.25, -0.2) is 0 Å². The van der Waals surface area contributed by atoms with Crippen molar-refractivity contribution in [3.63, 3.8) is 0 Å². The summed E-state index contributed by atoms with van der Waals surface area (Å²) in [4.78, 5) is 26.8. The molecule has 0 aromatic heterocycles. The first-order valence-corrected chi connectivity index (χ1v) is 11.0. The predicted octanol–water partition coefficient (Wildman–Crippen LogP) is 4.59. The molecule has 29 heavy (non-hydrogen) atoms. The smallest absolute Gasteiger partial charge is 0.255 e. The second-order valence-electron chi connectivity index (χ2n) is 8.09. The first-order valence-electron chi connectivity index (χ1n) is 11.0. The second-order valence-corrected chi connectivity index (χ2v) is 8.09. The van der Waals surface area contributed by atoms with E-state index in [1.165, 1.54) is 0 Å². The van der Waals surface area contributed by atoms with Crippen LogP contribution in [0.1, 0.15) is 77.2 Å². The van der Waals surface area contributed by atoms with Crippen molar-refractivity contribution in [3.05, 3.63) is 29.8 Å². The van der Waals surface area contributed by atoms with E-state index in [1.807, 2.05) is 31.2 Å². The third-order valence-corrected chi connectivity index (χ3v) is 5.53. The Morgan fingerprint density at radius 3 is 2.45 bits per heavy atom. The lowest BCUT2D eigenvalue weighted by atomic mass is 9.87. The van der Waals surface area contributed by atoms with Crippen molar-refractivity contribution in [3.8, 4) is 0 Å². The van der Waals surface area contributed by atoms with E-state index in [1.54, 1.807) is 4.90 Å². The lowest BCUT2D eigenvalue weighted by Gasteiger charge is -2.27. The Morgan fingerprint density at radius 1 is 1.14 bits per heavy atom. The summed E-state index contributed by atoms with van der Waals surface area (Å²) < 4.78 is 0. The van der Waals surface area contributed by atoms with Crippen LogP contribution in [0.25, 0.3) is 0 Å². The number of amides is 2. The van der Waals surface area contributed by atoms with Gasteiger partial charge in [-0.05, 0) is 50.3 Å². The van der Waals surface area contributed by atoms with E-state index in [0.717, 1.165) is 49.8 Å². The minimum absolute atomic E-state index is 0.0169. The van der Waals surface area contributed by atoms with Crippen molar-refractivity contribution in [1.82, 2.24) is 10.2 Å². The molecule has 160 valence electrons. The van der Waals surface area contributed by atoms with Crippen molar-refractivity contribution in [1.29, 1.82) is 5.41 Å². The second kappa shape index (κ2) is 11.0. The number of anilines is 1. The number of hydrogen-bond acceptors (Lipinski definition) is 3. The molecular weight excluding hydrogens is 364 g/mol. The molecule has 0 saturated carbocycles. The summed E-state index contributed by atoms with van der Waals surface area (Å²) in [6, 6.07) is 7.74. The average molecular weight is 401 g/mol. The molecule has 0 aliphatic carbocycles. The lowest BCUT2D eigenvalue weighted by molar-refractivity contribution is -0.131. The van der Waals surface area contributed by atoms with E-state index in [0.29, 0.717) is 25.8 Å². The fourth-order valence-electron chi connectivity index (χ4n) is 3.84. The SMILES string of the molecule is CCCCC1(CCCC)NC(=N)N(CCCCC(=O)Nc2cccc(C)c2)C1=O. The number of guanidine groups is 1. The molecule has 0 atom stereocenters. The van der Waals surface area contributed by atoms with Gasteiger partial charge < -0.3 is 10.6 Å². The molecule has 1 heterocycles. The molecule has 6 nitrogen and oxygen atoms in total. The number of nitrogens with zero attached hydrogens (tertiary/aromatic N) is 1. The third kappa shape index (κ3) is 6.31. The van der Waals surface area contributed by atoms with Crippen LogP contribution in [0.15, 0.2) is 24.3 Å². The maximum atomic E-state index is 13.1. The molecule has 1 saturated heterocycles. The van der Waals surface area contributed by atoms with Crippen LogP contribution >= 0.6 is 0 Å². The van der Waals surface area contributed by atoms with E-state index >= 15 is 0 Å². The average Bonchev–Trinajstić information content (AvgIpc) is 2.92. The molecule has 3 N–H and O–H groups in total. The summed E-state index contributed by atoms with van der Waals surface area (Å²) >= 11 is 0. The summed E-state index contributed by atoms with van der Waals surface area (Å²) in [6.07, 6.45) is 7.37. The van der Waals surface area contributed by atoms with Crippen LogP contribution in [0.2, 0.25) is 0 Å². The monoisotopic (exact) mass is 400 g/mol. The Morgan fingerprint density at radius 2 is 1.83 bits per heavy atom. The van der Waals surface area contributed by atoms with Gasteiger partial charge in [0.2, 0.25) is 5.91 Å². The Bertz CT molecular complexity index is 709. The van der Waals surface area contributed by atoms with Gasteiger partial charge in [0, 0.05) is 18.7 Å². The quantitative estimate of drug-likeness (QED) is 0.449. The molecule has 2 amide bonds. The van der Waals surface area contributed by atoms with Crippen molar-refractivity contribution in [2.45, 2.75) is 84.1 Å². The standard InChI is InChI=1S/C23H36N4O2/c1-4-6-14-23(15-7-5-2)21(29)27(22(24)26-23)16-9-8-13-20(28)25-19-12-10-11-18(3)17-19/h10-12,17H,4-9,13-16H2,1-3H3,(H2,24,26)(H,25,28). The van der Waals surface area contributed by atoms with E-state index in [2.05, 4.69) is 24.5 Å². The molecular formula is C23H36N4O2. The van der Waals surface area contributed by atoms with Crippen LogP contribution in [-0.2, 0) is 9.59 Å². The number of benzene rings is 1. The summed E-state index contributed by atoms with van der Waals surface area (Å²) in [6.45, 7) is 6.73. The van der Waals surface area contributed by atoms with Gasteiger partial charge in [-0.15, -0.1) is 0 Å². The van der Waals surface area contributed by atoms with Crippen molar-refractivity contribution < 1.29 is 9.59 Å². The Balaban J connectivity index is 1.82. The van der Waals surface area contributed by atoms with E-state index in [-0.39, 0.29) is 17.8 Å². The Hall–Kier alpha value is -2.37. The number of unbranched alkanes of at least 4 members (excludes halogenated alkanes) is 3. The zero-order valence-electron chi connectivity index (χ0n) is 18.1. The molecule has 0 unspecified atom stereocenters. The minimum Gasteiger partial charge on any atom is -0.342 e. The van der Waals surface area contributed by atoms with Crippen LogP contribution < -0.4 is 10.6 Å². The van der Waals surface area contributed by atoms with Crippen LogP contribution in [0.4, 0.5) is 5.69 Å². The van der Waals surface area contributed by atoms with E-state index in [4.69, 9.17) is 5.41 Å². The molecule has 1 fully saturated rings. The summed E-state index contributed by atoms with van der Waals surface area (Å²) in [7, 11) is 0.